The van der Waals surface area contributed by atoms with Gasteiger partial charge in [0.1, 0.15) is 0 Å². The molecule has 0 saturated heterocycles. The standard InChI is InChI=1S/C9H12NO.3C6H5.Sn/c1-9(6-10-11)5-7-2-3-8(9)4-7;3*1-2-4-6-5-3-1;/h2-3,5-8,11H,4H2,1H3;3*1-5H;/b10-6+;;;;/t7-,8+,9-;;;;/m0..../s1. The molecule has 1 fully saturated rings. The number of oxime groups is 1. The fourth-order valence-electron chi connectivity index (χ4n) is 6.36. The maximum atomic E-state index is 9.68. The Balaban J connectivity index is 1.89. The van der Waals surface area contributed by atoms with Crippen molar-refractivity contribution in [2.45, 2.75) is 17.3 Å². The van der Waals surface area contributed by atoms with Crippen LogP contribution in [0.15, 0.2) is 108 Å². The van der Waals surface area contributed by atoms with Gasteiger partial charge in [0.15, 0.2) is 0 Å². The molecule has 30 heavy (non-hydrogen) atoms. The van der Waals surface area contributed by atoms with Crippen molar-refractivity contribution in [2.75, 3.05) is 0 Å². The first-order valence-electron chi connectivity index (χ1n) is 10.7. The number of hydrogen-bond acceptors (Lipinski definition) is 2. The summed E-state index contributed by atoms with van der Waals surface area (Å²) in [5, 5.41) is 13.3. The summed E-state index contributed by atoms with van der Waals surface area (Å²) in [5.41, 5.74) is -0.161. The van der Waals surface area contributed by atoms with Crippen LogP contribution in [0.1, 0.15) is 13.3 Å². The second-order valence-electron chi connectivity index (χ2n) is 8.89. The van der Waals surface area contributed by atoms with E-state index in [-0.39, 0.29) is 5.41 Å². The molecule has 0 radical (unpaired) electrons. The van der Waals surface area contributed by atoms with E-state index in [9.17, 15) is 5.21 Å². The molecule has 0 heterocycles. The molecule has 2 bridgehead atoms. The Morgan fingerprint density at radius 3 is 1.70 bits per heavy atom. The first-order chi connectivity index (χ1) is 14.7. The summed E-state index contributed by atoms with van der Waals surface area (Å²) in [6.07, 6.45) is 7.81. The molecule has 3 aromatic carbocycles. The molecule has 4 atom stereocenters. The SMILES string of the molecule is C[C@]1(/C=N/O)[C@@H]2C=C[C@@H](C2)[C@H]1[Sn]([c]1ccccc1)([c]1ccccc1)[c]1ccccc1. The molecule has 0 unspecified atom stereocenters. The molecule has 3 heteroatoms. The number of benzene rings is 3. The summed E-state index contributed by atoms with van der Waals surface area (Å²) in [6.45, 7) is 2.33. The van der Waals surface area contributed by atoms with Crippen molar-refractivity contribution in [1.29, 1.82) is 0 Å². The third-order valence-electron chi connectivity index (χ3n) is 7.50. The molecule has 1 saturated carbocycles. The van der Waals surface area contributed by atoms with E-state index < -0.39 is 18.4 Å². The van der Waals surface area contributed by atoms with Gasteiger partial charge in [-0.2, -0.15) is 0 Å². The van der Waals surface area contributed by atoms with Gasteiger partial charge in [0.2, 0.25) is 0 Å². The van der Waals surface area contributed by atoms with Crippen LogP contribution in [0.3, 0.4) is 0 Å². The Hall–Kier alpha value is -2.33. The van der Waals surface area contributed by atoms with E-state index in [1.165, 1.54) is 10.7 Å². The predicted molar refractivity (Wildman–Crippen MR) is 127 cm³/mol. The van der Waals surface area contributed by atoms with Gasteiger partial charge in [-0.25, -0.2) is 0 Å². The normalized spacial score (nSPS) is 27.7. The molecule has 3 aromatic rings. The Labute approximate surface area is 182 Å². The molecule has 150 valence electrons. The van der Waals surface area contributed by atoms with Crippen LogP contribution >= 0.6 is 0 Å². The predicted octanol–water partition coefficient (Wildman–Crippen LogP) is 4.20. The average molecular weight is 500 g/mol. The van der Waals surface area contributed by atoms with Gasteiger partial charge in [0.05, 0.1) is 0 Å². The summed E-state index contributed by atoms with van der Waals surface area (Å²) in [5.74, 6) is 0.935. The molecule has 2 aliphatic rings. The summed E-state index contributed by atoms with van der Waals surface area (Å²) < 4.78 is 4.91. The van der Waals surface area contributed by atoms with E-state index in [1.54, 1.807) is 0 Å². The Morgan fingerprint density at radius 1 is 0.800 bits per heavy atom. The van der Waals surface area contributed by atoms with Crippen molar-refractivity contribution in [3.05, 3.63) is 103 Å². The minimum atomic E-state index is -3.55. The van der Waals surface area contributed by atoms with Gasteiger partial charge in [0, 0.05) is 0 Å². The van der Waals surface area contributed by atoms with Crippen molar-refractivity contribution in [3.8, 4) is 0 Å². The number of allylic oxidation sites excluding steroid dienone is 2. The Kier molecular flexibility index (Phi) is 5.06. The zero-order valence-corrected chi connectivity index (χ0v) is 20.1. The number of rotatable bonds is 5. The van der Waals surface area contributed by atoms with Crippen LogP contribution in [-0.2, 0) is 0 Å². The van der Waals surface area contributed by atoms with Crippen molar-refractivity contribution in [1.82, 2.24) is 0 Å². The third-order valence-corrected chi connectivity index (χ3v) is 23.8. The Morgan fingerprint density at radius 2 is 1.27 bits per heavy atom. The van der Waals surface area contributed by atoms with Gasteiger partial charge < -0.3 is 0 Å². The summed E-state index contributed by atoms with van der Waals surface area (Å²) >= 11 is -3.55. The zero-order chi connectivity index (χ0) is 20.6. The van der Waals surface area contributed by atoms with E-state index >= 15 is 0 Å². The van der Waals surface area contributed by atoms with Crippen LogP contribution < -0.4 is 10.7 Å². The molecule has 0 spiro atoms. The van der Waals surface area contributed by atoms with Crippen molar-refractivity contribution in [3.63, 3.8) is 0 Å². The molecular formula is C27H27NOSn. The van der Waals surface area contributed by atoms with Crippen molar-refractivity contribution < 1.29 is 5.21 Å². The quantitative estimate of drug-likeness (QED) is 0.184. The topological polar surface area (TPSA) is 32.6 Å². The summed E-state index contributed by atoms with van der Waals surface area (Å²) in [7, 11) is 0. The number of nitrogens with zero attached hydrogens (tertiary/aromatic N) is 1. The van der Waals surface area contributed by atoms with Gasteiger partial charge in [0.25, 0.3) is 0 Å². The van der Waals surface area contributed by atoms with Gasteiger partial charge in [-0.05, 0) is 0 Å². The zero-order valence-electron chi connectivity index (χ0n) is 17.2. The van der Waals surface area contributed by atoms with Gasteiger partial charge >= 0.3 is 183 Å². The van der Waals surface area contributed by atoms with Crippen LogP contribution in [0, 0.1) is 17.3 Å². The molecule has 0 aromatic heterocycles. The molecule has 0 amide bonds. The third kappa shape index (κ3) is 2.80. The van der Waals surface area contributed by atoms with Crippen molar-refractivity contribution >= 4 is 35.3 Å². The van der Waals surface area contributed by atoms with Gasteiger partial charge in [-0.15, -0.1) is 0 Å². The van der Waals surface area contributed by atoms with E-state index in [1.807, 2.05) is 6.21 Å². The molecular weight excluding hydrogens is 473 g/mol. The molecule has 2 aliphatic carbocycles. The van der Waals surface area contributed by atoms with E-state index in [0.717, 1.165) is 6.42 Å². The van der Waals surface area contributed by atoms with Crippen molar-refractivity contribution in [2.24, 2.45) is 22.4 Å². The Bertz CT molecular complexity index is 967. The van der Waals surface area contributed by atoms with Crippen LogP contribution in [0.25, 0.3) is 0 Å². The first-order valence-corrected chi connectivity index (χ1v) is 16.7. The van der Waals surface area contributed by atoms with Gasteiger partial charge in [-0.1, -0.05) is 0 Å². The van der Waals surface area contributed by atoms with Crippen LogP contribution in [-0.4, -0.2) is 29.8 Å². The van der Waals surface area contributed by atoms with E-state index in [2.05, 4.69) is 115 Å². The van der Waals surface area contributed by atoms with E-state index in [4.69, 9.17) is 0 Å². The fraction of sp³-hybridized carbons (Fsp3) is 0.222. The summed E-state index contributed by atoms with van der Waals surface area (Å²) in [6, 6.07) is 33.6. The first kappa shape index (κ1) is 19.6. The monoisotopic (exact) mass is 501 g/mol. The second kappa shape index (κ2) is 7.73. The molecule has 2 nitrogen and oxygen atoms in total. The molecule has 0 aliphatic heterocycles. The average Bonchev–Trinajstić information content (AvgIpc) is 3.38. The van der Waals surface area contributed by atoms with Gasteiger partial charge in [-0.3, -0.25) is 0 Å². The van der Waals surface area contributed by atoms with Crippen LogP contribution in [0.5, 0.6) is 0 Å². The number of fused-ring (bicyclic) bond motifs is 2. The van der Waals surface area contributed by atoms with E-state index in [0.29, 0.717) is 15.8 Å². The fourth-order valence-corrected chi connectivity index (χ4v) is 24.5. The summed E-state index contributed by atoms with van der Waals surface area (Å²) in [4.78, 5) is 0. The number of hydrogen-bond donors (Lipinski definition) is 1. The minimum absolute atomic E-state index is 0.161. The van der Waals surface area contributed by atoms with Crippen LogP contribution in [0.2, 0.25) is 3.93 Å². The maximum absolute atomic E-state index is 9.68. The molecule has 1 N–H and O–H groups in total. The molecule has 5 rings (SSSR count). The second-order valence-corrected chi connectivity index (χ2v) is 20.2. The van der Waals surface area contributed by atoms with Crippen LogP contribution in [0.4, 0.5) is 0 Å².